The van der Waals surface area contributed by atoms with E-state index in [2.05, 4.69) is 13.2 Å². The monoisotopic (exact) mass is 259 g/mol. The summed E-state index contributed by atoms with van der Waals surface area (Å²) in [6, 6.07) is 9.06. The molecule has 0 fully saturated rings. The number of fused-ring (bicyclic) bond motifs is 1. The van der Waals surface area contributed by atoms with E-state index in [-0.39, 0.29) is 4.90 Å². The van der Waals surface area contributed by atoms with Gasteiger partial charge in [0, 0.05) is 10.9 Å². The van der Waals surface area contributed by atoms with Crippen LogP contribution in [-0.2, 0) is 10.0 Å². The van der Waals surface area contributed by atoms with Gasteiger partial charge < -0.3 is 0 Å². The van der Waals surface area contributed by atoms with Gasteiger partial charge in [0.25, 0.3) is 0 Å². The Morgan fingerprint density at radius 2 is 1.78 bits per heavy atom. The van der Waals surface area contributed by atoms with Gasteiger partial charge in [0.05, 0.1) is 4.90 Å². The van der Waals surface area contributed by atoms with E-state index in [4.69, 9.17) is 5.14 Å². The maximum Gasteiger partial charge on any atom is 0.239 e. The topological polar surface area (TPSA) is 60.2 Å². The Bertz CT molecular complexity index is 746. The molecule has 3 nitrogen and oxygen atoms in total. The van der Waals surface area contributed by atoms with Crippen molar-refractivity contribution >= 4 is 32.9 Å². The zero-order valence-electron chi connectivity index (χ0n) is 9.76. The van der Waals surface area contributed by atoms with Crippen LogP contribution in [0.4, 0.5) is 0 Å². The predicted octanol–water partition coefficient (Wildman–Crippen LogP) is 2.77. The Labute approximate surface area is 106 Å². The van der Waals surface area contributed by atoms with Crippen LogP contribution in [0.3, 0.4) is 0 Å². The van der Waals surface area contributed by atoms with E-state index in [9.17, 15) is 8.42 Å². The average molecular weight is 259 g/mol. The first-order valence-electron chi connectivity index (χ1n) is 5.32. The van der Waals surface area contributed by atoms with Gasteiger partial charge in [-0.3, -0.25) is 0 Å². The molecular weight excluding hydrogens is 246 g/mol. The Morgan fingerprint density at radius 3 is 2.33 bits per heavy atom. The molecule has 2 aromatic carbocycles. The molecule has 0 aliphatic heterocycles. The molecule has 0 saturated carbocycles. The van der Waals surface area contributed by atoms with Crippen LogP contribution in [0.2, 0.25) is 0 Å². The van der Waals surface area contributed by atoms with Crippen molar-refractivity contribution in [3.63, 3.8) is 0 Å². The third-order valence-electron chi connectivity index (χ3n) is 2.78. The number of primary sulfonamides is 1. The van der Waals surface area contributed by atoms with E-state index in [0.717, 1.165) is 5.39 Å². The van der Waals surface area contributed by atoms with Gasteiger partial charge in [0.1, 0.15) is 0 Å². The largest absolute Gasteiger partial charge is 0.239 e. The van der Waals surface area contributed by atoms with Gasteiger partial charge in [-0.15, -0.1) is 0 Å². The van der Waals surface area contributed by atoms with Crippen LogP contribution >= 0.6 is 0 Å². The number of benzene rings is 2. The smallest absolute Gasteiger partial charge is 0.225 e. The number of rotatable bonds is 3. The van der Waals surface area contributed by atoms with Gasteiger partial charge in [-0.25, -0.2) is 13.6 Å². The summed E-state index contributed by atoms with van der Waals surface area (Å²) in [5, 5.41) is 6.72. The zero-order chi connectivity index (χ0) is 13.3. The van der Waals surface area contributed by atoms with Crippen molar-refractivity contribution < 1.29 is 8.42 Å². The molecule has 0 saturated heterocycles. The minimum Gasteiger partial charge on any atom is -0.225 e. The molecule has 2 rings (SSSR count). The van der Waals surface area contributed by atoms with Crippen LogP contribution in [0.25, 0.3) is 22.9 Å². The Hall–Kier alpha value is -1.91. The molecule has 0 bridgehead atoms. The third kappa shape index (κ3) is 1.96. The van der Waals surface area contributed by atoms with Gasteiger partial charge >= 0.3 is 0 Å². The van der Waals surface area contributed by atoms with Crippen LogP contribution in [0.1, 0.15) is 11.1 Å². The standard InChI is InChI=1S/C14H13NO2S/c1-3-10-9-11-7-5-6-8-13(11)14(12(10)4-2)18(15,16)17/h3-9H,1-2H2,(H2,15,16,17). The minimum atomic E-state index is -3.82. The third-order valence-corrected chi connectivity index (χ3v) is 3.79. The molecule has 0 aromatic heterocycles. The van der Waals surface area contributed by atoms with Gasteiger partial charge in [0.15, 0.2) is 0 Å². The summed E-state index contributed by atoms with van der Waals surface area (Å²) in [6.45, 7) is 7.34. The van der Waals surface area contributed by atoms with Crippen molar-refractivity contribution in [1.82, 2.24) is 0 Å². The summed E-state index contributed by atoms with van der Waals surface area (Å²) < 4.78 is 23.6. The van der Waals surface area contributed by atoms with Crippen LogP contribution in [0.15, 0.2) is 48.4 Å². The van der Waals surface area contributed by atoms with Crippen LogP contribution in [0.5, 0.6) is 0 Å². The Morgan fingerprint density at radius 1 is 1.11 bits per heavy atom. The lowest BCUT2D eigenvalue weighted by molar-refractivity contribution is 0.598. The lowest BCUT2D eigenvalue weighted by Gasteiger charge is -2.11. The molecule has 0 spiro atoms. The van der Waals surface area contributed by atoms with Crippen LogP contribution in [0, 0.1) is 0 Å². The molecule has 2 aromatic rings. The maximum atomic E-state index is 11.8. The minimum absolute atomic E-state index is 0.102. The van der Waals surface area contributed by atoms with E-state index >= 15 is 0 Å². The van der Waals surface area contributed by atoms with Gasteiger partial charge in [0.2, 0.25) is 10.0 Å². The molecule has 18 heavy (non-hydrogen) atoms. The van der Waals surface area contributed by atoms with Crippen molar-refractivity contribution in [2.75, 3.05) is 0 Å². The summed E-state index contributed by atoms with van der Waals surface area (Å²) in [7, 11) is -3.82. The van der Waals surface area contributed by atoms with Gasteiger partial charge in [-0.2, -0.15) is 0 Å². The predicted molar refractivity (Wildman–Crippen MR) is 75.5 cm³/mol. The van der Waals surface area contributed by atoms with Crippen molar-refractivity contribution in [2.24, 2.45) is 5.14 Å². The molecule has 2 N–H and O–H groups in total. The average Bonchev–Trinajstić information content (AvgIpc) is 2.34. The Kier molecular flexibility index (Phi) is 3.07. The zero-order valence-corrected chi connectivity index (χ0v) is 10.6. The molecule has 0 heterocycles. The molecule has 92 valence electrons. The molecule has 4 heteroatoms. The summed E-state index contributed by atoms with van der Waals surface area (Å²) in [6.07, 6.45) is 3.08. The van der Waals surface area contributed by atoms with E-state index in [0.29, 0.717) is 16.5 Å². The van der Waals surface area contributed by atoms with Gasteiger partial charge in [-0.05, 0) is 17.0 Å². The first-order valence-corrected chi connectivity index (χ1v) is 6.87. The molecule has 0 aliphatic rings. The number of hydrogen-bond donors (Lipinski definition) is 1. The lowest BCUT2D eigenvalue weighted by Crippen LogP contribution is -2.14. The fourth-order valence-electron chi connectivity index (χ4n) is 2.04. The molecule has 0 unspecified atom stereocenters. The van der Waals surface area contributed by atoms with Crippen molar-refractivity contribution in [3.8, 4) is 0 Å². The first kappa shape index (κ1) is 12.5. The SMILES string of the molecule is C=Cc1cc2ccccc2c(S(N)(=O)=O)c1C=C. The number of hydrogen-bond acceptors (Lipinski definition) is 2. The van der Waals surface area contributed by atoms with Crippen LogP contribution < -0.4 is 5.14 Å². The summed E-state index contributed by atoms with van der Waals surface area (Å²) in [5.41, 5.74) is 1.19. The molecule has 0 atom stereocenters. The summed E-state index contributed by atoms with van der Waals surface area (Å²) in [5.74, 6) is 0. The van der Waals surface area contributed by atoms with E-state index in [1.807, 2.05) is 18.2 Å². The van der Waals surface area contributed by atoms with Crippen molar-refractivity contribution in [2.45, 2.75) is 4.90 Å². The summed E-state index contributed by atoms with van der Waals surface area (Å²) in [4.78, 5) is 0.102. The van der Waals surface area contributed by atoms with E-state index in [1.54, 1.807) is 18.2 Å². The second-order valence-electron chi connectivity index (χ2n) is 3.88. The highest BCUT2D eigenvalue weighted by atomic mass is 32.2. The molecule has 0 radical (unpaired) electrons. The van der Waals surface area contributed by atoms with Crippen LogP contribution in [-0.4, -0.2) is 8.42 Å². The second-order valence-corrected chi connectivity index (χ2v) is 5.38. The number of sulfonamides is 1. The normalized spacial score (nSPS) is 11.4. The fraction of sp³-hybridized carbons (Fsp3) is 0. The lowest BCUT2D eigenvalue weighted by atomic mass is 10.0. The summed E-state index contributed by atoms with van der Waals surface area (Å²) >= 11 is 0. The second kappa shape index (κ2) is 4.40. The van der Waals surface area contributed by atoms with Gasteiger partial charge in [-0.1, -0.05) is 49.6 Å². The highest BCUT2D eigenvalue weighted by Crippen LogP contribution is 2.30. The Balaban J connectivity index is 3.11. The highest BCUT2D eigenvalue weighted by molar-refractivity contribution is 7.89. The van der Waals surface area contributed by atoms with Crippen molar-refractivity contribution in [1.29, 1.82) is 0 Å². The fourth-order valence-corrected chi connectivity index (χ4v) is 3.04. The number of nitrogens with two attached hydrogens (primary N) is 1. The van der Waals surface area contributed by atoms with Crippen molar-refractivity contribution in [3.05, 3.63) is 54.6 Å². The molecule has 0 amide bonds. The molecular formula is C14H13NO2S. The maximum absolute atomic E-state index is 11.8. The highest BCUT2D eigenvalue weighted by Gasteiger charge is 2.18. The molecule has 0 aliphatic carbocycles. The van der Waals surface area contributed by atoms with E-state index in [1.165, 1.54) is 6.08 Å². The van der Waals surface area contributed by atoms with E-state index < -0.39 is 10.0 Å². The first-order chi connectivity index (χ1) is 8.49. The quantitative estimate of drug-likeness (QED) is 0.921.